The molecule has 0 spiro atoms. The second-order valence-electron chi connectivity index (χ2n) is 6.45. The Morgan fingerprint density at radius 1 is 1.10 bits per heavy atom. The number of hydroxylamine groups is 2. The van der Waals surface area contributed by atoms with Crippen LogP contribution in [0.15, 0.2) is 25.3 Å². The van der Waals surface area contributed by atoms with Crippen molar-refractivity contribution < 1.29 is 14.8 Å². The van der Waals surface area contributed by atoms with Crippen molar-refractivity contribution in [3.05, 3.63) is 25.3 Å². The van der Waals surface area contributed by atoms with Gasteiger partial charge in [-0.25, -0.2) is 0 Å². The number of hydrogen-bond donors (Lipinski definition) is 1. The summed E-state index contributed by atoms with van der Waals surface area (Å²) >= 11 is 0. The molecule has 0 aromatic carbocycles. The van der Waals surface area contributed by atoms with Gasteiger partial charge in [0, 0.05) is 17.1 Å². The predicted octanol–water partition coefficient (Wildman–Crippen LogP) is 2.12. The smallest absolute Gasteiger partial charge is 0.253 e. The number of carbonyl (C=O) groups is 2. The van der Waals surface area contributed by atoms with Gasteiger partial charge in [0.15, 0.2) is 0 Å². The van der Waals surface area contributed by atoms with Crippen molar-refractivity contribution in [2.45, 2.75) is 57.7 Å². The summed E-state index contributed by atoms with van der Waals surface area (Å²) in [5.74, 6) is -0.865. The maximum Gasteiger partial charge on any atom is 0.253 e. The van der Waals surface area contributed by atoms with Crippen LogP contribution in [0.5, 0.6) is 0 Å². The van der Waals surface area contributed by atoms with E-state index in [1.165, 1.54) is 9.96 Å². The molecule has 0 saturated carbocycles. The standard InChI is InChI=1S/C15H24N2O3/c1-7-12(18)16(13(19)8-2)11-9-14(3,4)17(20)15(5,6)10-11/h7-8,11,20H,1-2,9-10H2,3-6H3. The molecule has 5 nitrogen and oxygen atoms in total. The molecular weight excluding hydrogens is 256 g/mol. The first-order valence-corrected chi connectivity index (χ1v) is 6.68. The molecule has 0 radical (unpaired) electrons. The highest BCUT2D eigenvalue weighted by molar-refractivity contribution is 6.05. The zero-order valence-corrected chi connectivity index (χ0v) is 12.7. The lowest BCUT2D eigenvalue weighted by Crippen LogP contribution is -2.64. The lowest BCUT2D eigenvalue weighted by molar-refractivity contribution is -0.250. The molecule has 0 aromatic heterocycles. The van der Waals surface area contributed by atoms with Gasteiger partial charge in [-0.3, -0.25) is 14.5 Å². The van der Waals surface area contributed by atoms with Gasteiger partial charge < -0.3 is 5.21 Å². The second-order valence-corrected chi connectivity index (χ2v) is 6.45. The Balaban J connectivity index is 3.15. The number of amides is 2. The molecule has 20 heavy (non-hydrogen) atoms. The molecule has 2 amide bonds. The Morgan fingerprint density at radius 3 is 1.75 bits per heavy atom. The molecule has 1 rings (SSSR count). The number of hydrogen-bond acceptors (Lipinski definition) is 4. The Labute approximate surface area is 120 Å². The largest absolute Gasteiger partial charge is 0.313 e. The highest BCUT2D eigenvalue weighted by atomic mass is 16.5. The van der Waals surface area contributed by atoms with E-state index < -0.39 is 22.9 Å². The molecule has 0 unspecified atom stereocenters. The molecule has 112 valence electrons. The third-order valence-electron chi connectivity index (χ3n) is 3.81. The van der Waals surface area contributed by atoms with Crippen molar-refractivity contribution in [1.29, 1.82) is 0 Å². The van der Waals surface area contributed by atoms with Crippen LogP contribution in [0, 0.1) is 0 Å². The monoisotopic (exact) mass is 280 g/mol. The number of rotatable bonds is 3. The van der Waals surface area contributed by atoms with Crippen molar-refractivity contribution in [1.82, 2.24) is 9.96 Å². The summed E-state index contributed by atoms with van der Waals surface area (Å²) in [7, 11) is 0. The maximum absolute atomic E-state index is 12.0. The zero-order valence-electron chi connectivity index (χ0n) is 12.7. The van der Waals surface area contributed by atoms with Crippen molar-refractivity contribution in [2.75, 3.05) is 0 Å². The van der Waals surface area contributed by atoms with E-state index in [0.717, 1.165) is 12.2 Å². The van der Waals surface area contributed by atoms with Gasteiger partial charge in [0.2, 0.25) is 0 Å². The van der Waals surface area contributed by atoms with Crippen molar-refractivity contribution in [3.8, 4) is 0 Å². The summed E-state index contributed by atoms with van der Waals surface area (Å²) < 4.78 is 0. The normalized spacial score (nSPS) is 22.1. The van der Waals surface area contributed by atoms with Crippen LogP contribution in [-0.4, -0.2) is 44.1 Å². The van der Waals surface area contributed by atoms with E-state index in [4.69, 9.17) is 0 Å². The summed E-state index contributed by atoms with van der Waals surface area (Å²) in [6.45, 7) is 14.4. The summed E-state index contributed by atoms with van der Waals surface area (Å²) in [6, 6.07) is -0.292. The Kier molecular flexibility index (Phi) is 4.56. The quantitative estimate of drug-likeness (QED) is 0.804. The van der Waals surface area contributed by atoms with Crippen molar-refractivity contribution in [3.63, 3.8) is 0 Å². The van der Waals surface area contributed by atoms with Gasteiger partial charge in [0.25, 0.3) is 11.8 Å². The van der Waals surface area contributed by atoms with E-state index >= 15 is 0 Å². The molecule has 1 aliphatic rings. The van der Waals surface area contributed by atoms with Gasteiger partial charge in [-0.15, -0.1) is 0 Å². The van der Waals surface area contributed by atoms with E-state index in [-0.39, 0.29) is 6.04 Å². The van der Waals surface area contributed by atoms with E-state index in [1.807, 2.05) is 27.7 Å². The lowest BCUT2D eigenvalue weighted by atomic mass is 9.78. The predicted molar refractivity (Wildman–Crippen MR) is 77.1 cm³/mol. The van der Waals surface area contributed by atoms with Gasteiger partial charge in [-0.1, -0.05) is 13.2 Å². The van der Waals surface area contributed by atoms with E-state index in [1.54, 1.807) is 0 Å². The van der Waals surface area contributed by atoms with Gasteiger partial charge in [-0.05, 0) is 52.7 Å². The fourth-order valence-corrected chi connectivity index (χ4v) is 3.07. The van der Waals surface area contributed by atoms with Crippen molar-refractivity contribution in [2.24, 2.45) is 0 Å². The minimum atomic E-state index is -0.534. The zero-order chi connectivity index (χ0) is 15.7. The fourth-order valence-electron chi connectivity index (χ4n) is 3.07. The van der Waals surface area contributed by atoms with Crippen LogP contribution in [0.2, 0.25) is 0 Å². The molecule has 5 heteroatoms. The van der Waals surface area contributed by atoms with Crippen LogP contribution >= 0.6 is 0 Å². The van der Waals surface area contributed by atoms with Gasteiger partial charge in [0.1, 0.15) is 0 Å². The van der Waals surface area contributed by atoms with Crippen LogP contribution < -0.4 is 0 Å². The minimum absolute atomic E-state index is 0.292. The molecule has 0 bridgehead atoms. The lowest BCUT2D eigenvalue weighted by Gasteiger charge is -2.53. The maximum atomic E-state index is 12.0. The van der Waals surface area contributed by atoms with Crippen LogP contribution in [-0.2, 0) is 9.59 Å². The first-order valence-electron chi connectivity index (χ1n) is 6.68. The molecular formula is C15H24N2O3. The number of piperidine rings is 1. The van der Waals surface area contributed by atoms with Crippen molar-refractivity contribution >= 4 is 11.8 Å². The van der Waals surface area contributed by atoms with Gasteiger partial charge >= 0.3 is 0 Å². The highest BCUT2D eigenvalue weighted by Gasteiger charge is 2.48. The summed E-state index contributed by atoms with van der Waals surface area (Å²) in [6.07, 6.45) is 3.25. The highest BCUT2D eigenvalue weighted by Crippen LogP contribution is 2.38. The number of imide groups is 1. The molecule has 1 aliphatic heterocycles. The molecule has 1 fully saturated rings. The number of carbonyl (C=O) groups excluding carboxylic acids is 2. The first-order chi connectivity index (χ1) is 9.06. The van der Waals surface area contributed by atoms with Crippen LogP contribution in [0.25, 0.3) is 0 Å². The Bertz CT molecular complexity index is 402. The molecule has 0 aromatic rings. The van der Waals surface area contributed by atoms with E-state index in [9.17, 15) is 14.8 Å². The summed E-state index contributed by atoms with van der Waals surface area (Å²) in [5, 5.41) is 11.6. The van der Waals surface area contributed by atoms with Gasteiger partial charge in [-0.2, -0.15) is 5.06 Å². The third kappa shape index (κ3) is 2.99. The Morgan fingerprint density at radius 2 is 1.45 bits per heavy atom. The molecule has 1 N–H and O–H groups in total. The van der Waals surface area contributed by atoms with Crippen LogP contribution in [0.1, 0.15) is 40.5 Å². The van der Waals surface area contributed by atoms with E-state index in [0.29, 0.717) is 12.8 Å². The average molecular weight is 280 g/mol. The number of nitrogens with zero attached hydrogens (tertiary/aromatic N) is 2. The SMILES string of the molecule is C=CC(=O)N(C(=O)C=C)C1CC(C)(C)N(O)C(C)(C)C1. The summed E-state index contributed by atoms with van der Waals surface area (Å²) in [4.78, 5) is 25.1. The third-order valence-corrected chi connectivity index (χ3v) is 3.81. The molecule has 0 aliphatic carbocycles. The first kappa shape index (κ1) is 16.6. The Hall–Kier alpha value is -1.46. The summed E-state index contributed by atoms with van der Waals surface area (Å²) in [5.41, 5.74) is -1.07. The molecule has 0 atom stereocenters. The second kappa shape index (κ2) is 5.50. The fraction of sp³-hybridized carbons (Fsp3) is 0.600. The van der Waals surface area contributed by atoms with Gasteiger partial charge in [0.05, 0.1) is 0 Å². The minimum Gasteiger partial charge on any atom is -0.313 e. The van der Waals surface area contributed by atoms with Crippen LogP contribution in [0.3, 0.4) is 0 Å². The topological polar surface area (TPSA) is 60.9 Å². The molecule has 1 heterocycles. The molecule has 1 saturated heterocycles. The van der Waals surface area contributed by atoms with E-state index in [2.05, 4.69) is 13.2 Å². The van der Waals surface area contributed by atoms with Crippen LogP contribution in [0.4, 0.5) is 0 Å². The average Bonchev–Trinajstić information content (AvgIpc) is 2.34.